The van der Waals surface area contributed by atoms with Crippen LogP contribution in [0.25, 0.3) is 0 Å². The first kappa shape index (κ1) is 18.3. The molecule has 2 aromatic rings. The van der Waals surface area contributed by atoms with E-state index in [-0.39, 0.29) is 25.3 Å². The average molecular weight is 382 g/mol. The standard InChI is InChI=1S/C21H23N3O4/c1-24(17-8-4-6-14-5-2-3-7-16(14)17)12-20(25)23-21(26)22-15-9-10-18-19(11-15)28-13-27-18/h2-3,5,7,9-11,17H,4,6,8,12-13H2,1H3,(H2,22,23,25,26)/p+1/t17-/m0/s1. The van der Waals surface area contributed by atoms with Gasteiger partial charge in [0.15, 0.2) is 18.0 Å². The summed E-state index contributed by atoms with van der Waals surface area (Å²) >= 11 is 0. The number of fused-ring (bicyclic) bond motifs is 2. The second-order valence-corrected chi connectivity index (χ2v) is 7.24. The summed E-state index contributed by atoms with van der Waals surface area (Å²) in [4.78, 5) is 25.6. The van der Waals surface area contributed by atoms with Gasteiger partial charge in [0.05, 0.1) is 7.05 Å². The molecule has 3 N–H and O–H groups in total. The van der Waals surface area contributed by atoms with E-state index in [1.54, 1.807) is 18.2 Å². The predicted molar refractivity (Wildman–Crippen MR) is 104 cm³/mol. The van der Waals surface area contributed by atoms with Gasteiger partial charge in [-0.25, -0.2) is 4.79 Å². The highest BCUT2D eigenvalue weighted by atomic mass is 16.7. The molecule has 2 aliphatic rings. The Balaban J connectivity index is 1.32. The molecule has 146 valence electrons. The van der Waals surface area contributed by atoms with Crippen molar-refractivity contribution in [2.75, 3.05) is 25.7 Å². The van der Waals surface area contributed by atoms with Crippen LogP contribution >= 0.6 is 0 Å². The number of amides is 3. The largest absolute Gasteiger partial charge is 0.454 e. The fraction of sp³-hybridized carbons (Fsp3) is 0.333. The summed E-state index contributed by atoms with van der Waals surface area (Å²) in [5, 5.41) is 5.06. The van der Waals surface area contributed by atoms with Crippen LogP contribution in [0.15, 0.2) is 42.5 Å². The maximum absolute atomic E-state index is 12.4. The van der Waals surface area contributed by atoms with Gasteiger partial charge in [0.1, 0.15) is 6.04 Å². The lowest BCUT2D eigenvalue weighted by Gasteiger charge is -2.30. The number of urea groups is 1. The molecule has 1 aliphatic heterocycles. The molecule has 3 amide bonds. The van der Waals surface area contributed by atoms with Crippen LogP contribution in [0.2, 0.25) is 0 Å². The third-order valence-electron chi connectivity index (χ3n) is 5.29. The highest BCUT2D eigenvalue weighted by molar-refractivity contribution is 6.01. The van der Waals surface area contributed by atoms with Crippen LogP contribution in [0.4, 0.5) is 10.5 Å². The number of hydrogen-bond donors (Lipinski definition) is 3. The minimum Gasteiger partial charge on any atom is -0.454 e. The monoisotopic (exact) mass is 382 g/mol. The van der Waals surface area contributed by atoms with E-state index >= 15 is 0 Å². The smallest absolute Gasteiger partial charge is 0.326 e. The van der Waals surface area contributed by atoms with E-state index in [0.29, 0.717) is 17.2 Å². The molecular weight excluding hydrogens is 358 g/mol. The number of hydrogen-bond acceptors (Lipinski definition) is 4. The van der Waals surface area contributed by atoms with Crippen LogP contribution in [0.1, 0.15) is 30.0 Å². The molecule has 7 heteroatoms. The predicted octanol–water partition coefficient (Wildman–Crippen LogP) is 1.66. The van der Waals surface area contributed by atoms with Crippen LogP contribution in [-0.4, -0.2) is 32.3 Å². The van der Waals surface area contributed by atoms with Gasteiger partial charge in [0, 0.05) is 23.7 Å². The molecule has 2 atom stereocenters. The number of rotatable bonds is 4. The van der Waals surface area contributed by atoms with E-state index in [1.807, 2.05) is 13.1 Å². The molecule has 0 radical (unpaired) electrons. The Morgan fingerprint density at radius 2 is 1.96 bits per heavy atom. The molecule has 2 aromatic carbocycles. The Bertz CT molecular complexity index is 899. The maximum atomic E-state index is 12.4. The van der Waals surface area contributed by atoms with Crippen LogP contribution in [0.5, 0.6) is 11.5 Å². The Morgan fingerprint density at radius 3 is 2.86 bits per heavy atom. The molecule has 1 heterocycles. The van der Waals surface area contributed by atoms with Gasteiger partial charge < -0.3 is 19.7 Å². The van der Waals surface area contributed by atoms with E-state index in [4.69, 9.17) is 9.47 Å². The first-order valence-corrected chi connectivity index (χ1v) is 9.51. The fourth-order valence-electron chi connectivity index (χ4n) is 3.95. The average Bonchev–Trinajstić information content (AvgIpc) is 3.15. The van der Waals surface area contributed by atoms with E-state index in [2.05, 4.69) is 28.8 Å². The molecule has 7 nitrogen and oxygen atoms in total. The van der Waals surface area contributed by atoms with Gasteiger partial charge >= 0.3 is 6.03 Å². The Morgan fingerprint density at radius 1 is 1.14 bits per heavy atom. The molecule has 0 spiro atoms. The summed E-state index contributed by atoms with van der Waals surface area (Å²) in [7, 11) is 2.00. The van der Waals surface area contributed by atoms with Crippen molar-refractivity contribution in [3.05, 3.63) is 53.6 Å². The number of anilines is 1. The summed E-state index contributed by atoms with van der Waals surface area (Å²) in [6, 6.07) is 13.2. The molecule has 0 saturated heterocycles. The second kappa shape index (κ2) is 7.90. The van der Waals surface area contributed by atoms with Gasteiger partial charge in [-0.05, 0) is 30.5 Å². The van der Waals surface area contributed by atoms with Crippen molar-refractivity contribution in [3.8, 4) is 11.5 Å². The Hall–Kier alpha value is -3.06. The fourth-order valence-corrected chi connectivity index (χ4v) is 3.95. The van der Waals surface area contributed by atoms with Gasteiger partial charge in [-0.1, -0.05) is 24.3 Å². The molecule has 1 unspecified atom stereocenters. The lowest BCUT2D eigenvalue weighted by Crippen LogP contribution is -3.10. The number of carbonyl (C=O) groups excluding carboxylic acids is 2. The van der Waals surface area contributed by atoms with Gasteiger partial charge in [0.2, 0.25) is 6.79 Å². The number of aryl methyl sites for hydroxylation is 1. The second-order valence-electron chi connectivity index (χ2n) is 7.24. The van der Waals surface area contributed by atoms with Crippen LogP contribution in [-0.2, 0) is 11.2 Å². The maximum Gasteiger partial charge on any atom is 0.326 e. The summed E-state index contributed by atoms with van der Waals surface area (Å²) in [6.45, 7) is 0.399. The molecule has 4 rings (SSSR count). The minimum absolute atomic E-state index is 0.170. The molecule has 0 saturated carbocycles. The highest BCUT2D eigenvalue weighted by Crippen LogP contribution is 2.34. The minimum atomic E-state index is -0.555. The quantitative estimate of drug-likeness (QED) is 0.751. The Labute approximate surface area is 163 Å². The molecule has 1 aliphatic carbocycles. The zero-order valence-electron chi connectivity index (χ0n) is 15.8. The molecule has 0 aromatic heterocycles. The van der Waals surface area contributed by atoms with Gasteiger partial charge in [-0.3, -0.25) is 10.1 Å². The third-order valence-corrected chi connectivity index (χ3v) is 5.29. The van der Waals surface area contributed by atoms with Crippen molar-refractivity contribution in [3.63, 3.8) is 0 Å². The van der Waals surface area contributed by atoms with Crippen LogP contribution < -0.4 is 25.0 Å². The van der Waals surface area contributed by atoms with Crippen molar-refractivity contribution in [2.24, 2.45) is 0 Å². The number of carbonyl (C=O) groups is 2. The summed E-state index contributed by atoms with van der Waals surface area (Å²) < 4.78 is 10.5. The van der Waals surface area contributed by atoms with E-state index in [1.165, 1.54) is 11.1 Å². The number of nitrogens with one attached hydrogen (secondary N) is 3. The van der Waals surface area contributed by atoms with Crippen molar-refractivity contribution >= 4 is 17.6 Å². The van der Waals surface area contributed by atoms with Crippen molar-refractivity contribution in [1.82, 2.24) is 5.32 Å². The number of likely N-dealkylation sites (N-methyl/N-ethyl adjacent to an activating group) is 1. The number of quaternary nitrogens is 1. The first-order chi connectivity index (χ1) is 13.6. The van der Waals surface area contributed by atoms with Crippen molar-refractivity contribution < 1.29 is 24.0 Å². The van der Waals surface area contributed by atoms with Crippen LogP contribution in [0, 0.1) is 0 Å². The number of ether oxygens (including phenoxy) is 2. The molecular formula is C21H24N3O4+. The highest BCUT2D eigenvalue weighted by Gasteiger charge is 2.28. The zero-order chi connectivity index (χ0) is 19.5. The molecule has 0 fully saturated rings. The number of benzene rings is 2. The summed E-state index contributed by atoms with van der Waals surface area (Å²) in [5.74, 6) is 0.906. The van der Waals surface area contributed by atoms with Gasteiger partial charge in [0.25, 0.3) is 5.91 Å². The SMILES string of the molecule is C[NH+](CC(=O)NC(=O)Nc1ccc2c(c1)OCO2)[C@H]1CCCc2ccccc21. The zero-order valence-corrected chi connectivity index (χ0v) is 15.8. The topological polar surface area (TPSA) is 81.1 Å². The van der Waals surface area contributed by atoms with E-state index in [0.717, 1.165) is 24.2 Å². The van der Waals surface area contributed by atoms with Crippen LogP contribution in [0.3, 0.4) is 0 Å². The van der Waals surface area contributed by atoms with E-state index < -0.39 is 6.03 Å². The summed E-state index contributed by atoms with van der Waals surface area (Å²) in [6.07, 6.45) is 3.24. The van der Waals surface area contributed by atoms with Gasteiger partial charge in [-0.2, -0.15) is 0 Å². The van der Waals surface area contributed by atoms with Crippen molar-refractivity contribution in [2.45, 2.75) is 25.3 Å². The number of imide groups is 1. The summed E-state index contributed by atoms with van der Waals surface area (Å²) in [5.41, 5.74) is 3.21. The normalized spacial score (nSPS) is 18.1. The molecule has 28 heavy (non-hydrogen) atoms. The van der Waals surface area contributed by atoms with Crippen molar-refractivity contribution in [1.29, 1.82) is 0 Å². The molecule has 0 bridgehead atoms. The van der Waals surface area contributed by atoms with E-state index in [9.17, 15) is 9.59 Å². The lowest BCUT2D eigenvalue weighted by molar-refractivity contribution is -0.905. The first-order valence-electron chi connectivity index (χ1n) is 9.51. The Kier molecular flexibility index (Phi) is 5.16. The third kappa shape index (κ3) is 3.94. The lowest BCUT2D eigenvalue weighted by atomic mass is 9.87. The van der Waals surface area contributed by atoms with Gasteiger partial charge in [-0.15, -0.1) is 0 Å².